The molecule has 1 aliphatic carbocycles. The Morgan fingerprint density at radius 3 is 2.84 bits per heavy atom. The van der Waals surface area contributed by atoms with Crippen LogP contribution < -0.4 is 5.32 Å². The summed E-state index contributed by atoms with van der Waals surface area (Å²) in [5.74, 6) is -1.26. The van der Waals surface area contributed by atoms with Crippen LogP contribution in [0.1, 0.15) is 29.6 Å². The number of phenolic OH excluding ortho intramolecular Hbond substituents is 1. The number of rotatable bonds is 5. The van der Waals surface area contributed by atoms with Crippen molar-refractivity contribution in [2.75, 3.05) is 20.3 Å². The maximum atomic E-state index is 13.5. The van der Waals surface area contributed by atoms with Crippen LogP contribution in [-0.2, 0) is 4.74 Å². The second-order valence-electron chi connectivity index (χ2n) is 5.13. The SMILES string of the molecule is COCC1(CNC(=O)c2cc(O)ccc2F)CCC1. The maximum Gasteiger partial charge on any atom is 0.254 e. The van der Waals surface area contributed by atoms with E-state index in [0.29, 0.717) is 13.2 Å². The molecule has 1 saturated carbocycles. The predicted octanol–water partition coefficient (Wildman–Crippen LogP) is 2.08. The number of phenols is 1. The van der Waals surface area contributed by atoms with E-state index in [1.165, 1.54) is 6.07 Å². The van der Waals surface area contributed by atoms with Crippen molar-refractivity contribution < 1.29 is 19.0 Å². The maximum absolute atomic E-state index is 13.5. The first kappa shape index (κ1) is 13.8. The number of aromatic hydroxyl groups is 1. The number of hydrogen-bond acceptors (Lipinski definition) is 3. The lowest BCUT2D eigenvalue weighted by Gasteiger charge is -2.41. The standard InChI is InChI=1S/C14H18FNO3/c1-19-9-14(5-2-6-14)8-16-13(18)11-7-10(17)3-4-12(11)15/h3-4,7,17H,2,5-6,8-9H2,1H3,(H,16,18). The lowest BCUT2D eigenvalue weighted by Crippen LogP contribution is -2.45. The van der Waals surface area contributed by atoms with Crippen molar-refractivity contribution in [2.45, 2.75) is 19.3 Å². The fraction of sp³-hybridized carbons (Fsp3) is 0.500. The normalized spacial score (nSPS) is 16.7. The highest BCUT2D eigenvalue weighted by Gasteiger charge is 2.37. The Morgan fingerprint density at radius 2 is 2.26 bits per heavy atom. The average molecular weight is 267 g/mol. The van der Waals surface area contributed by atoms with Gasteiger partial charge in [-0.05, 0) is 31.0 Å². The number of carbonyl (C=O) groups excluding carboxylic acids is 1. The van der Waals surface area contributed by atoms with E-state index in [4.69, 9.17) is 4.74 Å². The van der Waals surface area contributed by atoms with Crippen LogP contribution in [0.5, 0.6) is 5.75 Å². The molecular weight excluding hydrogens is 249 g/mol. The molecule has 0 spiro atoms. The van der Waals surface area contributed by atoms with Gasteiger partial charge in [0.2, 0.25) is 0 Å². The Hall–Kier alpha value is -1.62. The molecular formula is C14H18FNO3. The molecule has 1 aromatic carbocycles. The van der Waals surface area contributed by atoms with Gasteiger partial charge >= 0.3 is 0 Å². The van der Waals surface area contributed by atoms with Gasteiger partial charge in [-0.25, -0.2) is 4.39 Å². The van der Waals surface area contributed by atoms with Gasteiger partial charge in [0.15, 0.2) is 0 Å². The summed E-state index contributed by atoms with van der Waals surface area (Å²) in [5.41, 5.74) is -0.149. The third-order valence-electron chi connectivity index (χ3n) is 3.68. The molecule has 0 radical (unpaired) electrons. The summed E-state index contributed by atoms with van der Waals surface area (Å²) in [7, 11) is 1.64. The van der Waals surface area contributed by atoms with Crippen LogP contribution >= 0.6 is 0 Å². The third-order valence-corrected chi connectivity index (χ3v) is 3.68. The minimum Gasteiger partial charge on any atom is -0.508 e. The van der Waals surface area contributed by atoms with Gasteiger partial charge in [0.05, 0.1) is 12.2 Å². The zero-order valence-electron chi connectivity index (χ0n) is 10.9. The summed E-state index contributed by atoms with van der Waals surface area (Å²) in [6.07, 6.45) is 3.13. The molecule has 1 fully saturated rings. The van der Waals surface area contributed by atoms with E-state index in [9.17, 15) is 14.3 Å². The monoisotopic (exact) mass is 267 g/mol. The first-order chi connectivity index (χ1) is 9.06. The van der Waals surface area contributed by atoms with E-state index < -0.39 is 11.7 Å². The van der Waals surface area contributed by atoms with Crippen molar-refractivity contribution in [3.8, 4) is 5.75 Å². The molecule has 104 valence electrons. The molecule has 1 aliphatic rings. The minimum atomic E-state index is -0.635. The van der Waals surface area contributed by atoms with E-state index in [1.54, 1.807) is 7.11 Å². The van der Waals surface area contributed by atoms with Crippen molar-refractivity contribution in [1.82, 2.24) is 5.32 Å². The van der Waals surface area contributed by atoms with Crippen molar-refractivity contribution in [3.63, 3.8) is 0 Å². The molecule has 0 unspecified atom stereocenters. The Balaban J connectivity index is 1.99. The highest BCUT2D eigenvalue weighted by atomic mass is 19.1. The quantitative estimate of drug-likeness (QED) is 0.858. The Bertz CT molecular complexity index is 472. The third kappa shape index (κ3) is 3.04. The summed E-state index contributed by atoms with van der Waals surface area (Å²) in [4.78, 5) is 11.9. The van der Waals surface area contributed by atoms with Gasteiger partial charge < -0.3 is 15.2 Å². The zero-order chi connectivity index (χ0) is 13.9. The zero-order valence-corrected chi connectivity index (χ0v) is 10.9. The highest BCUT2D eigenvalue weighted by Crippen LogP contribution is 2.40. The van der Waals surface area contributed by atoms with Gasteiger partial charge in [-0.2, -0.15) is 0 Å². The molecule has 2 rings (SSSR count). The van der Waals surface area contributed by atoms with E-state index in [2.05, 4.69) is 5.32 Å². The topological polar surface area (TPSA) is 58.6 Å². The molecule has 0 aromatic heterocycles. The number of methoxy groups -OCH3 is 1. The molecule has 0 atom stereocenters. The lowest BCUT2D eigenvalue weighted by molar-refractivity contribution is 0.0179. The van der Waals surface area contributed by atoms with Crippen LogP contribution in [0.2, 0.25) is 0 Å². The lowest BCUT2D eigenvalue weighted by atomic mass is 9.69. The molecule has 0 heterocycles. The fourth-order valence-electron chi connectivity index (χ4n) is 2.41. The second kappa shape index (κ2) is 5.57. The largest absolute Gasteiger partial charge is 0.508 e. The minimum absolute atomic E-state index is 0.0162. The summed E-state index contributed by atoms with van der Waals surface area (Å²) < 4.78 is 18.7. The molecule has 5 heteroatoms. The first-order valence-electron chi connectivity index (χ1n) is 6.32. The van der Waals surface area contributed by atoms with Crippen LogP contribution in [-0.4, -0.2) is 31.3 Å². The average Bonchev–Trinajstić information content (AvgIpc) is 2.35. The number of halogens is 1. The predicted molar refractivity (Wildman–Crippen MR) is 68.6 cm³/mol. The number of nitrogens with one attached hydrogen (secondary N) is 1. The summed E-state index contributed by atoms with van der Waals surface area (Å²) in [6.45, 7) is 1.06. The molecule has 0 aliphatic heterocycles. The molecule has 1 amide bonds. The molecule has 1 aromatic rings. The van der Waals surface area contributed by atoms with E-state index in [1.807, 2.05) is 0 Å². The highest BCUT2D eigenvalue weighted by molar-refractivity contribution is 5.94. The Labute approximate surface area is 111 Å². The summed E-state index contributed by atoms with van der Waals surface area (Å²) in [5, 5.41) is 12.0. The van der Waals surface area contributed by atoms with Gasteiger partial charge in [0.25, 0.3) is 5.91 Å². The van der Waals surface area contributed by atoms with Crippen molar-refractivity contribution >= 4 is 5.91 Å². The van der Waals surface area contributed by atoms with Crippen molar-refractivity contribution in [3.05, 3.63) is 29.6 Å². The molecule has 0 saturated heterocycles. The fourth-order valence-corrected chi connectivity index (χ4v) is 2.41. The van der Waals surface area contributed by atoms with E-state index in [-0.39, 0.29) is 16.7 Å². The van der Waals surface area contributed by atoms with Gasteiger partial charge in [0.1, 0.15) is 11.6 Å². The smallest absolute Gasteiger partial charge is 0.254 e. The summed E-state index contributed by atoms with van der Waals surface area (Å²) in [6, 6.07) is 3.43. The first-order valence-corrected chi connectivity index (χ1v) is 6.32. The number of carbonyl (C=O) groups is 1. The van der Waals surface area contributed by atoms with Crippen LogP contribution in [0.25, 0.3) is 0 Å². The van der Waals surface area contributed by atoms with Gasteiger partial charge in [-0.15, -0.1) is 0 Å². The Morgan fingerprint density at radius 1 is 1.53 bits per heavy atom. The number of amides is 1. The number of ether oxygens (including phenoxy) is 1. The van der Waals surface area contributed by atoms with E-state index >= 15 is 0 Å². The molecule has 0 bridgehead atoms. The van der Waals surface area contributed by atoms with Gasteiger partial charge in [0, 0.05) is 19.1 Å². The summed E-state index contributed by atoms with van der Waals surface area (Å²) >= 11 is 0. The van der Waals surface area contributed by atoms with Crippen LogP contribution in [0.3, 0.4) is 0 Å². The van der Waals surface area contributed by atoms with Crippen LogP contribution in [0.4, 0.5) is 4.39 Å². The van der Waals surface area contributed by atoms with Crippen LogP contribution in [0, 0.1) is 11.2 Å². The van der Waals surface area contributed by atoms with E-state index in [0.717, 1.165) is 31.4 Å². The Kier molecular flexibility index (Phi) is 4.04. The van der Waals surface area contributed by atoms with Gasteiger partial charge in [-0.1, -0.05) is 6.42 Å². The van der Waals surface area contributed by atoms with Gasteiger partial charge in [-0.3, -0.25) is 4.79 Å². The van der Waals surface area contributed by atoms with Crippen molar-refractivity contribution in [1.29, 1.82) is 0 Å². The number of hydrogen-bond donors (Lipinski definition) is 2. The molecule has 4 nitrogen and oxygen atoms in total. The number of benzene rings is 1. The molecule has 19 heavy (non-hydrogen) atoms. The van der Waals surface area contributed by atoms with Crippen molar-refractivity contribution in [2.24, 2.45) is 5.41 Å². The second-order valence-corrected chi connectivity index (χ2v) is 5.13. The molecule has 2 N–H and O–H groups in total. The van der Waals surface area contributed by atoms with Crippen LogP contribution in [0.15, 0.2) is 18.2 Å².